The van der Waals surface area contributed by atoms with Gasteiger partial charge in [0.2, 0.25) is 0 Å². The van der Waals surface area contributed by atoms with Gasteiger partial charge in [0.25, 0.3) is 0 Å². The Bertz CT molecular complexity index is 271. The fourth-order valence-electron chi connectivity index (χ4n) is 1.28. The highest BCUT2D eigenvalue weighted by atomic mass is 32.2. The molecule has 1 aromatic carbocycles. The fourth-order valence-corrected chi connectivity index (χ4v) is 2.52. The summed E-state index contributed by atoms with van der Waals surface area (Å²) in [6, 6.07) is 8.09. The molecule has 0 bridgehead atoms. The van der Waals surface area contributed by atoms with Gasteiger partial charge in [-0.3, -0.25) is 0 Å². The predicted octanol–water partition coefficient (Wildman–Crippen LogP) is 3.63. The topological polar surface area (TPSA) is 20.2 Å². The zero-order valence-electron chi connectivity index (χ0n) is 8.86. The lowest BCUT2D eigenvalue weighted by Gasteiger charge is -2.10. The molecule has 0 radical (unpaired) electrons. The van der Waals surface area contributed by atoms with Gasteiger partial charge in [0.05, 0.1) is 6.10 Å². The minimum atomic E-state index is -0.361. The molecule has 0 amide bonds. The van der Waals surface area contributed by atoms with Crippen molar-refractivity contribution in [2.45, 2.75) is 37.7 Å². The lowest BCUT2D eigenvalue weighted by molar-refractivity contribution is 0.196. The van der Waals surface area contributed by atoms with E-state index in [1.807, 2.05) is 36.9 Å². The molecule has 1 aromatic rings. The van der Waals surface area contributed by atoms with Gasteiger partial charge in [-0.2, -0.15) is 0 Å². The smallest absolute Gasteiger partial charge is 0.0772 e. The van der Waals surface area contributed by atoms with Crippen molar-refractivity contribution in [3.8, 4) is 0 Å². The van der Waals surface area contributed by atoms with Crippen LogP contribution < -0.4 is 0 Å². The first-order chi connectivity index (χ1) is 6.75. The highest BCUT2D eigenvalue weighted by molar-refractivity contribution is 7.99. The summed E-state index contributed by atoms with van der Waals surface area (Å²) in [5.74, 6) is 1.14. The van der Waals surface area contributed by atoms with Crippen molar-refractivity contribution in [3.05, 3.63) is 29.8 Å². The Kier molecular flexibility index (Phi) is 5.05. The van der Waals surface area contributed by atoms with E-state index in [1.54, 1.807) is 0 Å². The summed E-state index contributed by atoms with van der Waals surface area (Å²) in [5, 5.41) is 9.55. The summed E-state index contributed by atoms with van der Waals surface area (Å²) < 4.78 is 0. The van der Waals surface area contributed by atoms with Crippen LogP contribution in [0.3, 0.4) is 0 Å². The largest absolute Gasteiger partial charge is 0.389 e. The van der Waals surface area contributed by atoms with Crippen molar-refractivity contribution in [1.29, 1.82) is 0 Å². The van der Waals surface area contributed by atoms with E-state index in [2.05, 4.69) is 13.0 Å². The lowest BCUT2D eigenvalue weighted by atomic mass is 10.1. The van der Waals surface area contributed by atoms with Gasteiger partial charge >= 0.3 is 0 Å². The number of benzene rings is 1. The number of unbranched alkanes of at least 4 members (excludes halogenated alkanes) is 1. The molecule has 1 N–H and O–H groups in total. The van der Waals surface area contributed by atoms with Crippen LogP contribution in [0.2, 0.25) is 0 Å². The molecule has 14 heavy (non-hydrogen) atoms. The van der Waals surface area contributed by atoms with Gasteiger partial charge in [0, 0.05) is 4.90 Å². The second-order valence-corrected chi connectivity index (χ2v) is 4.55. The molecule has 0 saturated heterocycles. The van der Waals surface area contributed by atoms with Crippen molar-refractivity contribution >= 4 is 11.8 Å². The third-order valence-electron chi connectivity index (χ3n) is 2.12. The summed E-state index contributed by atoms with van der Waals surface area (Å²) >= 11 is 1.84. The SMILES string of the molecule is CCCCSc1ccccc1[C@@H](C)O. The minimum Gasteiger partial charge on any atom is -0.389 e. The van der Waals surface area contributed by atoms with Crippen LogP contribution in [0.25, 0.3) is 0 Å². The number of thioether (sulfide) groups is 1. The first-order valence-corrected chi connectivity index (χ1v) is 6.14. The van der Waals surface area contributed by atoms with Crippen LogP contribution in [0.4, 0.5) is 0 Å². The molecule has 78 valence electrons. The van der Waals surface area contributed by atoms with Crippen molar-refractivity contribution in [1.82, 2.24) is 0 Å². The number of aliphatic hydroxyl groups excluding tert-OH is 1. The Morgan fingerprint density at radius 3 is 2.71 bits per heavy atom. The lowest BCUT2D eigenvalue weighted by Crippen LogP contribution is -1.93. The molecule has 0 spiro atoms. The zero-order chi connectivity index (χ0) is 10.4. The maximum absolute atomic E-state index is 9.55. The Balaban J connectivity index is 2.64. The van der Waals surface area contributed by atoms with E-state index in [1.165, 1.54) is 17.7 Å². The van der Waals surface area contributed by atoms with E-state index >= 15 is 0 Å². The van der Waals surface area contributed by atoms with Crippen LogP contribution in [0.15, 0.2) is 29.2 Å². The molecule has 1 nitrogen and oxygen atoms in total. The predicted molar refractivity (Wildman–Crippen MR) is 62.7 cm³/mol. The summed E-state index contributed by atoms with van der Waals surface area (Å²) in [7, 11) is 0. The van der Waals surface area contributed by atoms with E-state index in [0.29, 0.717) is 0 Å². The van der Waals surface area contributed by atoms with Gasteiger partial charge in [0.1, 0.15) is 0 Å². The molecule has 0 aliphatic carbocycles. The Morgan fingerprint density at radius 1 is 1.36 bits per heavy atom. The van der Waals surface area contributed by atoms with E-state index in [9.17, 15) is 5.11 Å². The third-order valence-corrected chi connectivity index (χ3v) is 3.30. The van der Waals surface area contributed by atoms with Gasteiger partial charge < -0.3 is 5.11 Å². The normalized spacial score (nSPS) is 12.8. The van der Waals surface area contributed by atoms with Crippen LogP contribution >= 0.6 is 11.8 Å². The van der Waals surface area contributed by atoms with Gasteiger partial charge in [-0.25, -0.2) is 0 Å². The van der Waals surface area contributed by atoms with Gasteiger partial charge in [-0.05, 0) is 30.7 Å². The molecule has 1 rings (SSSR count). The first-order valence-electron chi connectivity index (χ1n) is 5.15. The Labute approximate surface area is 90.5 Å². The number of aliphatic hydroxyl groups is 1. The van der Waals surface area contributed by atoms with E-state index in [4.69, 9.17) is 0 Å². The van der Waals surface area contributed by atoms with Crippen LogP contribution in [0, 0.1) is 0 Å². The van der Waals surface area contributed by atoms with Crippen molar-refractivity contribution in [2.24, 2.45) is 0 Å². The highest BCUT2D eigenvalue weighted by Gasteiger charge is 2.06. The maximum Gasteiger partial charge on any atom is 0.0772 e. The first kappa shape index (κ1) is 11.6. The Morgan fingerprint density at radius 2 is 2.07 bits per heavy atom. The van der Waals surface area contributed by atoms with E-state index < -0.39 is 0 Å². The molecule has 0 aliphatic heterocycles. The molecule has 0 saturated carbocycles. The van der Waals surface area contributed by atoms with Crippen LogP contribution in [-0.4, -0.2) is 10.9 Å². The van der Waals surface area contributed by atoms with E-state index in [-0.39, 0.29) is 6.10 Å². The van der Waals surface area contributed by atoms with Crippen molar-refractivity contribution in [2.75, 3.05) is 5.75 Å². The average molecular weight is 210 g/mol. The zero-order valence-corrected chi connectivity index (χ0v) is 9.68. The quantitative estimate of drug-likeness (QED) is 0.591. The highest BCUT2D eigenvalue weighted by Crippen LogP contribution is 2.27. The third kappa shape index (κ3) is 3.35. The van der Waals surface area contributed by atoms with Crippen LogP contribution in [-0.2, 0) is 0 Å². The summed E-state index contributed by atoms with van der Waals surface area (Å²) in [4.78, 5) is 1.22. The van der Waals surface area contributed by atoms with Crippen molar-refractivity contribution < 1.29 is 5.11 Å². The average Bonchev–Trinajstić information content (AvgIpc) is 2.19. The summed E-state index contributed by atoms with van der Waals surface area (Å²) in [5.41, 5.74) is 1.05. The molecule has 1 atom stereocenters. The van der Waals surface area contributed by atoms with Gasteiger partial charge in [-0.1, -0.05) is 31.5 Å². The second kappa shape index (κ2) is 6.10. The number of hydrogen-bond donors (Lipinski definition) is 1. The molecular weight excluding hydrogens is 192 g/mol. The van der Waals surface area contributed by atoms with Crippen LogP contribution in [0.1, 0.15) is 38.4 Å². The summed E-state index contributed by atoms with van der Waals surface area (Å²) in [6.45, 7) is 4.01. The van der Waals surface area contributed by atoms with Gasteiger partial charge in [0.15, 0.2) is 0 Å². The molecule has 2 heteroatoms. The molecular formula is C12H18OS. The van der Waals surface area contributed by atoms with Crippen molar-refractivity contribution in [3.63, 3.8) is 0 Å². The van der Waals surface area contributed by atoms with E-state index in [0.717, 1.165) is 11.3 Å². The molecule has 0 aliphatic rings. The van der Waals surface area contributed by atoms with Crippen LogP contribution in [0.5, 0.6) is 0 Å². The molecule has 0 heterocycles. The molecule has 0 unspecified atom stereocenters. The maximum atomic E-state index is 9.55. The number of hydrogen-bond acceptors (Lipinski definition) is 2. The summed E-state index contributed by atoms with van der Waals surface area (Å²) in [6.07, 6.45) is 2.10. The molecule has 0 fully saturated rings. The minimum absolute atomic E-state index is 0.361. The Hall–Kier alpha value is -0.470. The number of rotatable bonds is 5. The monoisotopic (exact) mass is 210 g/mol. The van der Waals surface area contributed by atoms with Gasteiger partial charge in [-0.15, -0.1) is 11.8 Å². The fraction of sp³-hybridized carbons (Fsp3) is 0.500. The second-order valence-electron chi connectivity index (χ2n) is 3.42. The molecule has 0 aromatic heterocycles. The standard InChI is InChI=1S/C12H18OS/c1-3-4-9-14-12-8-6-5-7-11(12)10(2)13/h5-8,10,13H,3-4,9H2,1-2H3/t10-/m1/s1.